The van der Waals surface area contributed by atoms with Crippen LogP contribution in [-0.2, 0) is 6.42 Å². The average molecular weight is 310 g/mol. The van der Waals surface area contributed by atoms with Gasteiger partial charge in [-0.1, -0.05) is 20.8 Å². The van der Waals surface area contributed by atoms with Crippen LogP contribution in [0.15, 0.2) is 6.07 Å². The van der Waals surface area contributed by atoms with E-state index < -0.39 is 0 Å². The second-order valence-corrected chi connectivity index (χ2v) is 7.41. The molecule has 0 bridgehead atoms. The molecule has 108 valence electrons. The molecule has 2 atom stereocenters. The summed E-state index contributed by atoms with van der Waals surface area (Å²) in [4.78, 5) is 13.7. The Morgan fingerprint density at radius 1 is 1.30 bits per heavy atom. The lowest BCUT2D eigenvalue weighted by Crippen LogP contribution is -2.39. The highest BCUT2D eigenvalue weighted by atomic mass is 35.5. The van der Waals surface area contributed by atoms with Gasteiger partial charge in [0.25, 0.3) is 0 Å². The maximum absolute atomic E-state index is 6.13. The summed E-state index contributed by atoms with van der Waals surface area (Å²) in [6, 6.07) is 2.23. The van der Waals surface area contributed by atoms with Crippen LogP contribution in [0.2, 0.25) is 5.28 Å². The third-order valence-corrected chi connectivity index (χ3v) is 5.26. The van der Waals surface area contributed by atoms with Crippen molar-refractivity contribution in [3.63, 3.8) is 0 Å². The standard InChI is InChI=1S/C15H20ClN3S/c1-4-11-6-12-13(17-15(16)18-14(12)20-11)19-7-9(2)5-10(3)8-19/h6,9-10H,4-5,7-8H2,1-3H3. The normalized spacial score (nSPS) is 23.5. The lowest BCUT2D eigenvalue weighted by molar-refractivity contribution is 0.356. The lowest BCUT2D eigenvalue weighted by Gasteiger charge is -2.36. The predicted octanol–water partition coefficient (Wildman–Crippen LogP) is 4.39. The zero-order chi connectivity index (χ0) is 14.3. The molecule has 1 saturated heterocycles. The van der Waals surface area contributed by atoms with Crippen molar-refractivity contribution in [3.8, 4) is 0 Å². The number of aryl methyl sites for hydroxylation is 1. The van der Waals surface area contributed by atoms with Crippen molar-refractivity contribution in [1.29, 1.82) is 0 Å². The molecule has 2 aromatic rings. The molecule has 0 amide bonds. The number of hydrogen-bond acceptors (Lipinski definition) is 4. The Labute approximate surface area is 129 Å². The van der Waals surface area contributed by atoms with Crippen molar-refractivity contribution in [3.05, 3.63) is 16.2 Å². The molecule has 0 N–H and O–H groups in total. The molecule has 0 spiro atoms. The van der Waals surface area contributed by atoms with Crippen LogP contribution in [0.25, 0.3) is 10.2 Å². The summed E-state index contributed by atoms with van der Waals surface area (Å²) in [6.45, 7) is 8.92. The molecule has 0 radical (unpaired) electrons. The fourth-order valence-corrected chi connectivity index (χ4v) is 4.36. The number of aromatic nitrogens is 2. The zero-order valence-corrected chi connectivity index (χ0v) is 13.8. The van der Waals surface area contributed by atoms with Crippen molar-refractivity contribution in [1.82, 2.24) is 9.97 Å². The van der Waals surface area contributed by atoms with Gasteiger partial charge in [-0.15, -0.1) is 11.3 Å². The van der Waals surface area contributed by atoms with Gasteiger partial charge in [-0.05, 0) is 42.3 Å². The Morgan fingerprint density at radius 3 is 2.65 bits per heavy atom. The minimum Gasteiger partial charge on any atom is -0.355 e. The van der Waals surface area contributed by atoms with Gasteiger partial charge in [0.2, 0.25) is 5.28 Å². The van der Waals surface area contributed by atoms with Crippen molar-refractivity contribution < 1.29 is 0 Å². The van der Waals surface area contributed by atoms with Crippen molar-refractivity contribution in [2.24, 2.45) is 11.8 Å². The van der Waals surface area contributed by atoms with Crippen molar-refractivity contribution >= 4 is 39.0 Å². The van der Waals surface area contributed by atoms with Crippen molar-refractivity contribution in [2.45, 2.75) is 33.6 Å². The van der Waals surface area contributed by atoms with Crippen LogP contribution in [-0.4, -0.2) is 23.1 Å². The summed E-state index contributed by atoms with van der Waals surface area (Å²) in [5.41, 5.74) is 0. The maximum atomic E-state index is 6.13. The number of fused-ring (bicyclic) bond motifs is 1. The number of halogens is 1. The van der Waals surface area contributed by atoms with Crippen LogP contribution >= 0.6 is 22.9 Å². The topological polar surface area (TPSA) is 29.0 Å². The highest BCUT2D eigenvalue weighted by Crippen LogP contribution is 2.34. The van der Waals surface area contributed by atoms with Gasteiger partial charge in [0, 0.05) is 18.0 Å². The zero-order valence-electron chi connectivity index (χ0n) is 12.2. The van der Waals surface area contributed by atoms with Gasteiger partial charge in [0.15, 0.2) is 0 Å². The third-order valence-electron chi connectivity index (χ3n) is 3.91. The number of nitrogens with zero attached hydrogens (tertiary/aromatic N) is 3. The number of rotatable bonds is 2. The molecular formula is C15H20ClN3S. The summed E-state index contributed by atoms with van der Waals surface area (Å²) in [5.74, 6) is 2.42. The van der Waals surface area contributed by atoms with E-state index in [-0.39, 0.29) is 0 Å². The van der Waals surface area contributed by atoms with Gasteiger partial charge in [-0.3, -0.25) is 0 Å². The fraction of sp³-hybridized carbons (Fsp3) is 0.600. The van der Waals surface area contributed by atoms with Crippen LogP contribution in [0.3, 0.4) is 0 Å². The summed E-state index contributed by atoms with van der Waals surface area (Å²) in [5, 5.41) is 1.53. The van der Waals surface area contributed by atoms with Gasteiger partial charge < -0.3 is 4.90 Å². The van der Waals surface area contributed by atoms with Crippen LogP contribution < -0.4 is 4.90 Å². The number of thiophene rings is 1. The van der Waals surface area contributed by atoms with Gasteiger partial charge in [-0.2, -0.15) is 4.98 Å². The fourth-order valence-electron chi connectivity index (χ4n) is 3.18. The molecule has 20 heavy (non-hydrogen) atoms. The van der Waals surface area contributed by atoms with E-state index in [1.54, 1.807) is 11.3 Å². The van der Waals surface area contributed by atoms with E-state index in [9.17, 15) is 0 Å². The molecule has 0 aromatic carbocycles. The smallest absolute Gasteiger partial charge is 0.225 e. The van der Waals surface area contributed by atoms with E-state index >= 15 is 0 Å². The Bertz CT molecular complexity index is 615. The summed E-state index contributed by atoms with van der Waals surface area (Å²) in [7, 11) is 0. The molecule has 2 aromatic heterocycles. The molecule has 3 heterocycles. The number of anilines is 1. The first-order valence-corrected chi connectivity index (χ1v) is 8.47. The van der Waals surface area contributed by atoms with E-state index in [4.69, 9.17) is 11.6 Å². The Hall–Kier alpha value is -0.870. The van der Waals surface area contributed by atoms with Crippen LogP contribution in [0.1, 0.15) is 32.1 Å². The van der Waals surface area contributed by atoms with Gasteiger partial charge in [-0.25, -0.2) is 4.98 Å². The summed E-state index contributed by atoms with van der Waals surface area (Å²) >= 11 is 7.86. The van der Waals surface area contributed by atoms with E-state index in [2.05, 4.69) is 41.7 Å². The monoisotopic (exact) mass is 309 g/mol. The maximum Gasteiger partial charge on any atom is 0.225 e. The molecule has 1 aliphatic rings. The summed E-state index contributed by atoms with van der Waals surface area (Å²) in [6.07, 6.45) is 2.33. The molecule has 1 aliphatic heterocycles. The highest BCUT2D eigenvalue weighted by molar-refractivity contribution is 7.18. The van der Waals surface area contributed by atoms with E-state index in [1.807, 2.05) is 0 Å². The summed E-state index contributed by atoms with van der Waals surface area (Å²) < 4.78 is 0. The van der Waals surface area contributed by atoms with Crippen LogP contribution in [0.5, 0.6) is 0 Å². The first-order chi connectivity index (χ1) is 9.56. The van der Waals surface area contributed by atoms with Gasteiger partial charge in [0.1, 0.15) is 10.6 Å². The lowest BCUT2D eigenvalue weighted by atomic mass is 9.92. The number of hydrogen-bond donors (Lipinski definition) is 0. The molecule has 5 heteroatoms. The van der Waals surface area contributed by atoms with E-state index in [0.29, 0.717) is 17.1 Å². The Kier molecular flexibility index (Phi) is 3.87. The Balaban J connectivity index is 2.07. The first-order valence-electron chi connectivity index (χ1n) is 7.27. The SMILES string of the molecule is CCc1cc2c(N3CC(C)CC(C)C3)nc(Cl)nc2s1. The molecule has 0 aliphatic carbocycles. The van der Waals surface area contributed by atoms with Crippen molar-refractivity contribution in [2.75, 3.05) is 18.0 Å². The average Bonchev–Trinajstić information content (AvgIpc) is 2.79. The Morgan fingerprint density at radius 2 is 2.00 bits per heavy atom. The van der Waals surface area contributed by atoms with Gasteiger partial charge in [0.05, 0.1) is 5.39 Å². The minimum atomic E-state index is 0.364. The molecule has 2 unspecified atom stereocenters. The predicted molar refractivity (Wildman–Crippen MR) is 87.0 cm³/mol. The van der Waals surface area contributed by atoms with Crippen LogP contribution in [0, 0.1) is 11.8 Å². The number of piperidine rings is 1. The first kappa shape index (κ1) is 14.1. The van der Waals surface area contributed by atoms with Gasteiger partial charge >= 0.3 is 0 Å². The second kappa shape index (κ2) is 5.49. The molecule has 0 saturated carbocycles. The molecule has 3 nitrogen and oxygen atoms in total. The van der Waals surface area contributed by atoms with E-state index in [1.165, 1.54) is 11.3 Å². The third kappa shape index (κ3) is 2.63. The molecule has 3 rings (SSSR count). The highest BCUT2D eigenvalue weighted by Gasteiger charge is 2.25. The van der Waals surface area contributed by atoms with Crippen LogP contribution in [0.4, 0.5) is 5.82 Å². The van der Waals surface area contributed by atoms with E-state index in [0.717, 1.165) is 35.5 Å². The largest absolute Gasteiger partial charge is 0.355 e. The molecular weight excluding hydrogens is 290 g/mol. The quantitative estimate of drug-likeness (QED) is 0.770. The minimum absolute atomic E-state index is 0.364. The second-order valence-electron chi connectivity index (χ2n) is 5.95. The molecule has 1 fully saturated rings.